The molecule has 0 fully saturated rings. The van der Waals surface area contributed by atoms with Crippen LogP contribution in [0.4, 0.5) is 0 Å². The van der Waals surface area contributed by atoms with Crippen molar-refractivity contribution in [1.29, 1.82) is 0 Å². The minimum absolute atomic E-state index is 0.298. The van der Waals surface area contributed by atoms with Gasteiger partial charge in [0.25, 0.3) is 0 Å². The maximum Gasteiger partial charge on any atom is 0.122 e. The lowest BCUT2D eigenvalue weighted by Crippen LogP contribution is -2.19. The van der Waals surface area contributed by atoms with Crippen LogP contribution in [0.3, 0.4) is 0 Å². The predicted molar refractivity (Wildman–Crippen MR) is 89.1 cm³/mol. The highest BCUT2D eigenvalue weighted by Crippen LogP contribution is 2.26. The third-order valence-electron chi connectivity index (χ3n) is 4.00. The summed E-state index contributed by atoms with van der Waals surface area (Å²) in [4.78, 5) is 0. The molecule has 0 radical (unpaired) electrons. The monoisotopic (exact) mass is 283 g/mol. The molecule has 2 aromatic rings. The van der Waals surface area contributed by atoms with E-state index in [0.717, 1.165) is 18.6 Å². The van der Waals surface area contributed by atoms with Crippen LogP contribution in [0.25, 0.3) is 0 Å². The van der Waals surface area contributed by atoms with Crippen molar-refractivity contribution in [3.8, 4) is 5.75 Å². The Bertz CT molecular complexity index is 575. The number of nitrogens with one attached hydrogen (secondary N) is 1. The van der Waals surface area contributed by atoms with E-state index in [1.165, 1.54) is 22.3 Å². The fourth-order valence-corrected chi connectivity index (χ4v) is 2.66. The first-order valence-electron chi connectivity index (χ1n) is 7.57. The Hall–Kier alpha value is -1.80. The van der Waals surface area contributed by atoms with Crippen LogP contribution in [-0.2, 0) is 12.8 Å². The van der Waals surface area contributed by atoms with E-state index in [2.05, 4.69) is 61.6 Å². The average molecular weight is 283 g/mol. The number of rotatable bonds is 6. The highest BCUT2D eigenvalue weighted by atomic mass is 16.5. The Morgan fingerprint density at radius 2 is 1.81 bits per heavy atom. The van der Waals surface area contributed by atoms with Crippen molar-refractivity contribution in [1.82, 2.24) is 5.32 Å². The largest absolute Gasteiger partial charge is 0.496 e. The molecule has 0 heterocycles. The Morgan fingerprint density at radius 1 is 1.10 bits per heavy atom. The second-order valence-corrected chi connectivity index (χ2v) is 5.46. The molecule has 1 N–H and O–H groups in total. The third kappa shape index (κ3) is 3.85. The molecule has 0 saturated carbocycles. The first-order valence-corrected chi connectivity index (χ1v) is 7.57. The summed E-state index contributed by atoms with van der Waals surface area (Å²) in [5.41, 5.74) is 5.21. The van der Waals surface area contributed by atoms with Gasteiger partial charge < -0.3 is 10.1 Å². The molecule has 0 amide bonds. The van der Waals surface area contributed by atoms with Gasteiger partial charge in [-0.25, -0.2) is 0 Å². The number of hydrogen-bond donors (Lipinski definition) is 1. The van der Waals surface area contributed by atoms with Crippen LogP contribution in [0.5, 0.6) is 5.75 Å². The lowest BCUT2D eigenvalue weighted by molar-refractivity contribution is 0.406. The van der Waals surface area contributed by atoms with E-state index in [1.807, 2.05) is 7.05 Å². The van der Waals surface area contributed by atoms with E-state index in [4.69, 9.17) is 4.74 Å². The first-order chi connectivity index (χ1) is 10.2. The van der Waals surface area contributed by atoms with Gasteiger partial charge >= 0.3 is 0 Å². The minimum Gasteiger partial charge on any atom is -0.496 e. The predicted octanol–water partition coefficient (Wildman–Crippen LogP) is 4.07. The zero-order valence-corrected chi connectivity index (χ0v) is 13.4. The molecule has 1 unspecified atom stereocenters. The number of aryl methyl sites for hydroxylation is 2. The lowest BCUT2D eigenvalue weighted by atomic mass is 9.96. The number of benzene rings is 2. The number of methoxy groups -OCH3 is 1. The SMILES string of the molecule is CCc1ccc(C(Cc2cc(C)ccc2OC)NC)cc1. The molecule has 1 atom stereocenters. The van der Waals surface area contributed by atoms with Gasteiger partial charge in [0.1, 0.15) is 5.75 Å². The standard InChI is InChI=1S/C19H25NO/c1-5-15-7-9-16(10-8-15)18(20-3)13-17-12-14(2)6-11-19(17)21-4/h6-12,18,20H,5,13H2,1-4H3. The van der Waals surface area contributed by atoms with E-state index >= 15 is 0 Å². The zero-order valence-electron chi connectivity index (χ0n) is 13.4. The Balaban J connectivity index is 2.23. The molecule has 21 heavy (non-hydrogen) atoms. The van der Waals surface area contributed by atoms with Crippen LogP contribution in [-0.4, -0.2) is 14.2 Å². The summed E-state index contributed by atoms with van der Waals surface area (Å²) in [6, 6.07) is 15.5. The molecule has 0 aromatic heterocycles. The molecule has 0 saturated heterocycles. The number of likely N-dealkylation sites (N-methyl/N-ethyl adjacent to an activating group) is 1. The Morgan fingerprint density at radius 3 is 2.38 bits per heavy atom. The number of hydrogen-bond acceptors (Lipinski definition) is 2. The molecule has 2 aromatic carbocycles. The van der Waals surface area contributed by atoms with E-state index in [-0.39, 0.29) is 0 Å². The van der Waals surface area contributed by atoms with Crippen molar-refractivity contribution in [3.05, 3.63) is 64.7 Å². The highest BCUT2D eigenvalue weighted by Gasteiger charge is 2.13. The van der Waals surface area contributed by atoms with Gasteiger partial charge in [0.05, 0.1) is 7.11 Å². The summed E-state index contributed by atoms with van der Waals surface area (Å²) in [6.07, 6.45) is 2.00. The lowest BCUT2D eigenvalue weighted by Gasteiger charge is -2.19. The first kappa shape index (κ1) is 15.6. The van der Waals surface area contributed by atoms with Gasteiger partial charge in [-0.05, 0) is 49.6 Å². The molecule has 0 aliphatic carbocycles. The van der Waals surface area contributed by atoms with Crippen LogP contribution in [0.1, 0.15) is 35.2 Å². The van der Waals surface area contributed by atoms with Crippen LogP contribution >= 0.6 is 0 Å². The summed E-state index contributed by atoms with van der Waals surface area (Å²) < 4.78 is 5.49. The van der Waals surface area contributed by atoms with E-state index in [1.54, 1.807) is 7.11 Å². The van der Waals surface area contributed by atoms with Crippen molar-refractivity contribution in [2.45, 2.75) is 32.7 Å². The van der Waals surface area contributed by atoms with Crippen LogP contribution in [0, 0.1) is 6.92 Å². The molecule has 0 spiro atoms. The van der Waals surface area contributed by atoms with Gasteiger partial charge in [-0.15, -0.1) is 0 Å². The molecule has 2 heteroatoms. The molecule has 112 valence electrons. The van der Waals surface area contributed by atoms with Crippen LogP contribution < -0.4 is 10.1 Å². The van der Waals surface area contributed by atoms with Crippen molar-refractivity contribution in [2.24, 2.45) is 0 Å². The molecule has 2 nitrogen and oxygen atoms in total. The van der Waals surface area contributed by atoms with Crippen LogP contribution in [0.2, 0.25) is 0 Å². The zero-order chi connectivity index (χ0) is 15.2. The topological polar surface area (TPSA) is 21.3 Å². The van der Waals surface area contributed by atoms with E-state index < -0.39 is 0 Å². The minimum atomic E-state index is 0.298. The van der Waals surface area contributed by atoms with Crippen molar-refractivity contribution in [3.63, 3.8) is 0 Å². The highest BCUT2D eigenvalue weighted by molar-refractivity contribution is 5.38. The quantitative estimate of drug-likeness (QED) is 0.863. The summed E-state index contributed by atoms with van der Waals surface area (Å²) >= 11 is 0. The molecular formula is C19H25NO. The fraction of sp³-hybridized carbons (Fsp3) is 0.368. The molecule has 0 bridgehead atoms. The van der Waals surface area contributed by atoms with Gasteiger partial charge in [0.15, 0.2) is 0 Å². The van der Waals surface area contributed by atoms with Gasteiger partial charge in [-0.1, -0.05) is 48.9 Å². The summed E-state index contributed by atoms with van der Waals surface area (Å²) in [5.74, 6) is 0.964. The summed E-state index contributed by atoms with van der Waals surface area (Å²) in [5, 5.41) is 3.42. The second kappa shape index (κ2) is 7.28. The summed E-state index contributed by atoms with van der Waals surface area (Å²) in [7, 11) is 3.75. The Labute approximate surface area is 128 Å². The Kier molecular flexibility index (Phi) is 5.40. The third-order valence-corrected chi connectivity index (χ3v) is 4.00. The van der Waals surface area contributed by atoms with Crippen molar-refractivity contribution >= 4 is 0 Å². The van der Waals surface area contributed by atoms with Crippen LogP contribution in [0.15, 0.2) is 42.5 Å². The maximum atomic E-state index is 5.49. The molecule has 2 rings (SSSR count). The van der Waals surface area contributed by atoms with Gasteiger partial charge in [-0.2, -0.15) is 0 Å². The fourth-order valence-electron chi connectivity index (χ4n) is 2.66. The normalized spacial score (nSPS) is 12.2. The van der Waals surface area contributed by atoms with Gasteiger partial charge in [0, 0.05) is 6.04 Å². The van der Waals surface area contributed by atoms with E-state index in [9.17, 15) is 0 Å². The van der Waals surface area contributed by atoms with Gasteiger partial charge in [0.2, 0.25) is 0 Å². The smallest absolute Gasteiger partial charge is 0.122 e. The maximum absolute atomic E-state index is 5.49. The average Bonchev–Trinajstić information content (AvgIpc) is 2.53. The molecule has 0 aliphatic rings. The second-order valence-electron chi connectivity index (χ2n) is 5.46. The summed E-state index contributed by atoms with van der Waals surface area (Å²) in [6.45, 7) is 4.30. The van der Waals surface area contributed by atoms with Crippen molar-refractivity contribution < 1.29 is 4.74 Å². The van der Waals surface area contributed by atoms with Crippen molar-refractivity contribution in [2.75, 3.05) is 14.2 Å². The molecule has 0 aliphatic heterocycles. The van der Waals surface area contributed by atoms with E-state index in [0.29, 0.717) is 6.04 Å². The number of ether oxygens (including phenoxy) is 1. The van der Waals surface area contributed by atoms with Gasteiger partial charge in [-0.3, -0.25) is 0 Å². The molecular weight excluding hydrogens is 258 g/mol.